The third-order valence-corrected chi connectivity index (χ3v) is 3.20. The molecule has 6 heteroatoms. The van der Waals surface area contributed by atoms with Crippen LogP contribution in [0, 0.1) is 0 Å². The van der Waals surface area contributed by atoms with Crippen molar-refractivity contribution in [1.82, 2.24) is 30.4 Å². The van der Waals surface area contributed by atoms with E-state index in [-0.39, 0.29) is 0 Å². The van der Waals surface area contributed by atoms with Gasteiger partial charge < -0.3 is 5.32 Å². The van der Waals surface area contributed by atoms with Crippen LogP contribution in [-0.4, -0.2) is 50.8 Å². The van der Waals surface area contributed by atoms with E-state index in [1.807, 2.05) is 0 Å². The number of nitrogens with one attached hydrogen (secondary N) is 1. The monoisotopic (exact) mass is 238 g/mol. The minimum atomic E-state index is 0.630. The van der Waals surface area contributed by atoms with Gasteiger partial charge in [-0.05, 0) is 37.6 Å². The molecule has 2 rings (SSSR count). The zero-order valence-electron chi connectivity index (χ0n) is 10.8. The quantitative estimate of drug-likeness (QED) is 0.716. The molecule has 0 bridgehead atoms. The summed E-state index contributed by atoms with van der Waals surface area (Å²) in [5.74, 6) is 0.829. The van der Waals surface area contributed by atoms with Crippen molar-refractivity contribution in [2.24, 2.45) is 7.05 Å². The first-order valence-corrected chi connectivity index (χ1v) is 6.47. The van der Waals surface area contributed by atoms with Crippen molar-refractivity contribution >= 4 is 0 Å². The molecule has 0 amide bonds. The molecule has 1 saturated heterocycles. The Morgan fingerprint density at radius 1 is 1.47 bits per heavy atom. The predicted molar refractivity (Wildman–Crippen MR) is 65.4 cm³/mol. The molecule has 1 aliphatic heterocycles. The predicted octanol–water partition coefficient (Wildman–Crippen LogP) is 0.174. The van der Waals surface area contributed by atoms with Gasteiger partial charge in [0.25, 0.3) is 0 Å². The molecular weight excluding hydrogens is 216 g/mol. The molecule has 1 aromatic heterocycles. The van der Waals surface area contributed by atoms with E-state index in [2.05, 4.69) is 32.6 Å². The number of aryl methyl sites for hydroxylation is 1. The third-order valence-electron chi connectivity index (χ3n) is 3.20. The van der Waals surface area contributed by atoms with E-state index in [0.717, 1.165) is 32.0 Å². The maximum absolute atomic E-state index is 4.24. The minimum absolute atomic E-state index is 0.630. The highest BCUT2D eigenvalue weighted by Gasteiger charge is 2.25. The number of rotatable bonds is 6. The van der Waals surface area contributed by atoms with Crippen LogP contribution in [0.3, 0.4) is 0 Å². The molecule has 2 heterocycles. The molecule has 0 aliphatic carbocycles. The van der Waals surface area contributed by atoms with Crippen molar-refractivity contribution in [1.29, 1.82) is 0 Å². The van der Waals surface area contributed by atoms with Crippen molar-refractivity contribution < 1.29 is 0 Å². The van der Waals surface area contributed by atoms with E-state index in [9.17, 15) is 0 Å². The lowest BCUT2D eigenvalue weighted by Crippen LogP contribution is -2.38. The van der Waals surface area contributed by atoms with Crippen LogP contribution in [0.5, 0.6) is 0 Å². The first kappa shape index (κ1) is 12.4. The van der Waals surface area contributed by atoms with Crippen molar-refractivity contribution in [3.05, 3.63) is 5.82 Å². The van der Waals surface area contributed by atoms with Crippen LogP contribution in [0.4, 0.5) is 0 Å². The molecule has 1 aromatic rings. The lowest BCUT2D eigenvalue weighted by molar-refractivity contribution is 0.233. The molecule has 6 nitrogen and oxygen atoms in total. The Labute approximate surface area is 102 Å². The lowest BCUT2D eigenvalue weighted by Gasteiger charge is -2.23. The van der Waals surface area contributed by atoms with Gasteiger partial charge in [-0.15, -0.1) is 10.2 Å². The Morgan fingerprint density at radius 2 is 2.35 bits per heavy atom. The minimum Gasteiger partial charge on any atom is -0.315 e. The molecule has 1 fully saturated rings. The Bertz CT molecular complexity index is 336. The summed E-state index contributed by atoms with van der Waals surface area (Å²) in [5, 5.41) is 15.7. The molecule has 0 spiro atoms. The molecule has 0 saturated carbocycles. The average molecular weight is 238 g/mol. The summed E-state index contributed by atoms with van der Waals surface area (Å²) in [6.45, 7) is 6.35. The SMILES string of the molecule is CCCNCC1CCCN1Cc1nnn(C)n1. The van der Waals surface area contributed by atoms with Gasteiger partial charge in [0.2, 0.25) is 0 Å². The first-order valence-electron chi connectivity index (χ1n) is 6.47. The molecule has 17 heavy (non-hydrogen) atoms. The number of hydrogen-bond donors (Lipinski definition) is 1. The number of nitrogens with zero attached hydrogens (tertiary/aromatic N) is 5. The van der Waals surface area contributed by atoms with Gasteiger partial charge in [-0.1, -0.05) is 6.92 Å². The second kappa shape index (κ2) is 6.07. The Balaban J connectivity index is 1.82. The number of tetrazole rings is 1. The van der Waals surface area contributed by atoms with Gasteiger partial charge in [0.15, 0.2) is 5.82 Å². The highest BCUT2D eigenvalue weighted by molar-refractivity contribution is 4.86. The highest BCUT2D eigenvalue weighted by atomic mass is 15.6. The van der Waals surface area contributed by atoms with Gasteiger partial charge >= 0.3 is 0 Å². The summed E-state index contributed by atoms with van der Waals surface area (Å²) in [6.07, 6.45) is 3.74. The Hall–Kier alpha value is -1.01. The van der Waals surface area contributed by atoms with Crippen LogP contribution >= 0.6 is 0 Å². The average Bonchev–Trinajstić information content (AvgIpc) is 2.90. The fourth-order valence-electron chi connectivity index (χ4n) is 2.35. The van der Waals surface area contributed by atoms with E-state index in [1.165, 1.54) is 24.1 Å². The summed E-state index contributed by atoms with van der Waals surface area (Å²) in [7, 11) is 1.81. The van der Waals surface area contributed by atoms with Gasteiger partial charge in [-0.3, -0.25) is 4.90 Å². The summed E-state index contributed by atoms with van der Waals surface area (Å²) in [4.78, 5) is 3.98. The highest BCUT2D eigenvalue weighted by Crippen LogP contribution is 2.18. The van der Waals surface area contributed by atoms with Gasteiger partial charge in [-0.25, -0.2) is 0 Å². The van der Waals surface area contributed by atoms with Gasteiger partial charge in [0, 0.05) is 12.6 Å². The molecule has 1 atom stereocenters. The van der Waals surface area contributed by atoms with E-state index in [1.54, 1.807) is 7.05 Å². The molecule has 1 N–H and O–H groups in total. The van der Waals surface area contributed by atoms with Crippen molar-refractivity contribution in [3.63, 3.8) is 0 Å². The van der Waals surface area contributed by atoms with E-state index < -0.39 is 0 Å². The smallest absolute Gasteiger partial charge is 0.188 e. The lowest BCUT2D eigenvalue weighted by atomic mass is 10.2. The molecule has 0 radical (unpaired) electrons. The van der Waals surface area contributed by atoms with Crippen molar-refractivity contribution in [2.45, 2.75) is 38.8 Å². The standard InChI is InChI=1S/C11H22N6/c1-3-6-12-8-10-5-4-7-17(10)9-11-13-15-16(2)14-11/h10,12H,3-9H2,1-2H3. The second-order valence-corrected chi connectivity index (χ2v) is 4.67. The summed E-state index contributed by atoms with van der Waals surface area (Å²) >= 11 is 0. The van der Waals surface area contributed by atoms with E-state index in [0.29, 0.717) is 6.04 Å². The van der Waals surface area contributed by atoms with Crippen LogP contribution < -0.4 is 5.32 Å². The van der Waals surface area contributed by atoms with Crippen LogP contribution in [0.25, 0.3) is 0 Å². The van der Waals surface area contributed by atoms with Crippen LogP contribution in [0.2, 0.25) is 0 Å². The largest absolute Gasteiger partial charge is 0.315 e. The van der Waals surface area contributed by atoms with Crippen LogP contribution in [-0.2, 0) is 13.6 Å². The normalized spacial score (nSPS) is 21.2. The van der Waals surface area contributed by atoms with Gasteiger partial charge in [0.1, 0.15) is 0 Å². The maximum Gasteiger partial charge on any atom is 0.188 e. The number of hydrogen-bond acceptors (Lipinski definition) is 5. The molecule has 96 valence electrons. The van der Waals surface area contributed by atoms with Crippen LogP contribution in [0.15, 0.2) is 0 Å². The summed E-state index contributed by atoms with van der Waals surface area (Å²) < 4.78 is 0. The number of likely N-dealkylation sites (tertiary alicyclic amines) is 1. The molecular formula is C11H22N6. The fourth-order valence-corrected chi connectivity index (χ4v) is 2.35. The zero-order chi connectivity index (χ0) is 12.1. The first-order chi connectivity index (χ1) is 8.29. The topological polar surface area (TPSA) is 58.9 Å². The van der Waals surface area contributed by atoms with Crippen LogP contribution in [0.1, 0.15) is 32.0 Å². The Kier molecular flexibility index (Phi) is 4.44. The number of aromatic nitrogens is 4. The molecule has 1 aliphatic rings. The van der Waals surface area contributed by atoms with Gasteiger partial charge in [-0.2, -0.15) is 4.80 Å². The fraction of sp³-hybridized carbons (Fsp3) is 0.909. The Morgan fingerprint density at radius 3 is 3.06 bits per heavy atom. The zero-order valence-corrected chi connectivity index (χ0v) is 10.8. The third kappa shape index (κ3) is 3.47. The van der Waals surface area contributed by atoms with E-state index >= 15 is 0 Å². The summed E-state index contributed by atoms with van der Waals surface area (Å²) in [5.41, 5.74) is 0. The molecule has 1 unspecified atom stereocenters. The van der Waals surface area contributed by atoms with Crippen molar-refractivity contribution in [3.8, 4) is 0 Å². The molecule has 0 aromatic carbocycles. The summed E-state index contributed by atoms with van der Waals surface area (Å²) in [6, 6.07) is 0.630. The second-order valence-electron chi connectivity index (χ2n) is 4.67. The van der Waals surface area contributed by atoms with E-state index in [4.69, 9.17) is 0 Å². The maximum atomic E-state index is 4.24. The van der Waals surface area contributed by atoms with Crippen molar-refractivity contribution in [2.75, 3.05) is 19.6 Å². The van der Waals surface area contributed by atoms with Gasteiger partial charge in [0.05, 0.1) is 13.6 Å².